The van der Waals surface area contributed by atoms with E-state index in [0.717, 1.165) is 11.4 Å². The van der Waals surface area contributed by atoms with Crippen molar-refractivity contribution in [3.05, 3.63) is 17.0 Å². The molecular formula is C11H21N3O2S2. The average molecular weight is 291 g/mol. The molecule has 0 spiro atoms. The quantitative estimate of drug-likeness (QED) is 0.740. The van der Waals surface area contributed by atoms with Crippen LogP contribution >= 0.6 is 11.3 Å². The average Bonchev–Trinajstić information content (AvgIpc) is 2.74. The predicted molar refractivity (Wildman–Crippen MR) is 75.4 cm³/mol. The minimum Gasteiger partial charge on any atom is -0.312 e. The Bertz CT molecular complexity index is 455. The van der Waals surface area contributed by atoms with Crippen molar-refractivity contribution in [2.24, 2.45) is 0 Å². The minimum atomic E-state index is -3.35. The number of nitrogens with one attached hydrogen (secondary N) is 2. The Morgan fingerprint density at radius 1 is 1.33 bits per heavy atom. The molecule has 0 bridgehead atoms. The SMILES string of the molecule is CCNCc1ccc(S(=O)(=O)NCCN(C)C)s1. The predicted octanol–water partition coefficient (Wildman–Crippen LogP) is 0.697. The van der Waals surface area contributed by atoms with Crippen molar-refractivity contribution in [3.63, 3.8) is 0 Å². The second-order valence-electron chi connectivity index (χ2n) is 4.20. The first-order valence-corrected chi connectivity index (χ1v) is 8.19. The molecule has 0 aliphatic heterocycles. The maximum Gasteiger partial charge on any atom is 0.250 e. The summed E-state index contributed by atoms with van der Waals surface area (Å²) in [5.74, 6) is 0. The van der Waals surface area contributed by atoms with Crippen molar-refractivity contribution in [2.45, 2.75) is 17.7 Å². The third kappa shape index (κ3) is 5.03. The van der Waals surface area contributed by atoms with E-state index in [4.69, 9.17) is 0 Å². The summed E-state index contributed by atoms with van der Waals surface area (Å²) in [6.07, 6.45) is 0. The number of thiophene rings is 1. The van der Waals surface area contributed by atoms with Gasteiger partial charge in [0, 0.05) is 24.5 Å². The number of hydrogen-bond donors (Lipinski definition) is 2. The molecule has 7 heteroatoms. The van der Waals surface area contributed by atoms with Gasteiger partial charge in [-0.2, -0.15) is 0 Å². The Morgan fingerprint density at radius 2 is 2.06 bits per heavy atom. The van der Waals surface area contributed by atoms with Crippen LogP contribution in [0.1, 0.15) is 11.8 Å². The van der Waals surface area contributed by atoms with Gasteiger partial charge in [0.1, 0.15) is 4.21 Å². The van der Waals surface area contributed by atoms with Gasteiger partial charge in [0.15, 0.2) is 0 Å². The van der Waals surface area contributed by atoms with Crippen molar-refractivity contribution in [2.75, 3.05) is 33.7 Å². The van der Waals surface area contributed by atoms with Crippen LogP contribution in [0.25, 0.3) is 0 Å². The van der Waals surface area contributed by atoms with Crippen LogP contribution in [0.2, 0.25) is 0 Å². The first-order chi connectivity index (χ1) is 8.45. The van der Waals surface area contributed by atoms with E-state index in [1.807, 2.05) is 32.0 Å². The lowest BCUT2D eigenvalue weighted by atomic mass is 10.4. The molecule has 0 aromatic carbocycles. The van der Waals surface area contributed by atoms with Crippen LogP contribution in [0.15, 0.2) is 16.3 Å². The molecule has 1 rings (SSSR count). The van der Waals surface area contributed by atoms with E-state index >= 15 is 0 Å². The summed E-state index contributed by atoms with van der Waals surface area (Å²) in [4.78, 5) is 2.97. The molecule has 1 heterocycles. The monoisotopic (exact) mass is 291 g/mol. The van der Waals surface area contributed by atoms with Gasteiger partial charge in [-0.1, -0.05) is 6.92 Å². The highest BCUT2D eigenvalue weighted by Crippen LogP contribution is 2.21. The van der Waals surface area contributed by atoms with E-state index in [1.165, 1.54) is 11.3 Å². The maximum atomic E-state index is 12.0. The largest absolute Gasteiger partial charge is 0.312 e. The molecule has 2 N–H and O–H groups in total. The first kappa shape index (κ1) is 15.6. The molecule has 0 saturated heterocycles. The second kappa shape index (κ2) is 7.20. The smallest absolute Gasteiger partial charge is 0.250 e. The highest BCUT2D eigenvalue weighted by atomic mass is 32.2. The number of hydrogen-bond acceptors (Lipinski definition) is 5. The zero-order chi connectivity index (χ0) is 13.6. The molecule has 0 atom stereocenters. The number of nitrogens with zero attached hydrogens (tertiary/aromatic N) is 1. The Hall–Kier alpha value is -0.470. The summed E-state index contributed by atoms with van der Waals surface area (Å²) >= 11 is 1.31. The van der Waals surface area contributed by atoms with Crippen LogP contribution in [0.4, 0.5) is 0 Å². The summed E-state index contributed by atoms with van der Waals surface area (Å²) in [5, 5.41) is 3.18. The van der Waals surface area contributed by atoms with Gasteiger partial charge in [-0.25, -0.2) is 13.1 Å². The lowest BCUT2D eigenvalue weighted by molar-refractivity contribution is 0.412. The highest BCUT2D eigenvalue weighted by molar-refractivity contribution is 7.91. The van der Waals surface area contributed by atoms with E-state index < -0.39 is 10.0 Å². The highest BCUT2D eigenvalue weighted by Gasteiger charge is 2.15. The molecular weight excluding hydrogens is 270 g/mol. The number of likely N-dealkylation sites (N-methyl/N-ethyl adjacent to an activating group) is 1. The summed E-state index contributed by atoms with van der Waals surface area (Å²) < 4.78 is 26.9. The van der Waals surface area contributed by atoms with Crippen molar-refractivity contribution >= 4 is 21.4 Å². The molecule has 18 heavy (non-hydrogen) atoms. The van der Waals surface area contributed by atoms with Crippen LogP contribution < -0.4 is 10.0 Å². The van der Waals surface area contributed by atoms with Gasteiger partial charge in [-0.05, 0) is 32.8 Å². The zero-order valence-corrected chi connectivity index (χ0v) is 12.7. The van der Waals surface area contributed by atoms with Gasteiger partial charge in [0.2, 0.25) is 10.0 Å². The van der Waals surface area contributed by atoms with Crippen LogP contribution in [0.3, 0.4) is 0 Å². The maximum absolute atomic E-state index is 12.0. The molecule has 0 aliphatic rings. The Morgan fingerprint density at radius 3 is 2.67 bits per heavy atom. The summed E-state index contributed by atoms with van der Waals surface area (Å²) in [6.45, 7) is 4.73. The number of sulfonamides is 1. The fourth-order valence-electron chi connectivity index (χ4n) is 1.32. The Kier molecular flexibility index (Phi) is 6.24. The molecule has 0 fully saturated rings. The fraction of sp³-hybridized carbons (Fsp3) is 0.636. The molecule has 1 aromatic rings. The summed E-state index contributed by atoms with van der Waals surface area (Å²) in [6, 6.07) is 3.52. The molecule has 0 radical (unpaired) electrons. The van der Waals surface area contributed by atoms with Crippen molar-refractivity contribution in [3.8, 4) is 0 Å². The third-order valence-electron chi connectivity index (χ3n) is 2.30. The zero-order valence-electron chi connectivity index (χ0n) is 11.1. The third-order valence-corrected chi connectivity index (χ3v) is 5.34. The van der Waals surface area contributed by atoms with Crippen molar-refractivity contribution in [1.29, 1.82) is 0 Å². The van der Waals surface area contributed by atoms with Gasteiger partial charge in [-0.15, -0.1) is 11.3 Å². The van der Waals surface area contributed by atoms with Crippen LogP contribution in [0.5, 0.6) is 0 Å². The lowest BCUT2D eigenvalue weighted by Gasteiger charge is -2.09. The molecule has 0 unspecified atom stereocenters. The number of rotatable bonds is 8. The van der Waals surface area contributed by atoms with Gasteiger partial charge < -0.3 is 10.2 Å². The van der Waals surface area contributed by atoms with E-state index in [0.29, 0.717) is 23.8 Å². The molecule has 0 amide bonds. The first-order valence-electron chi connectivity index (χ1n) is 5.89. The lowest BCUT2D eigenvalue weighted by Crippen LogP contribution is -2.30. The molecule has 0 aliphatic carbocycles. The molecule has 104 valence electrons. The topological polar surface area (TPSA) is 61.4 Å². The minimum absolute atomic E-state index is 0.383. The summed E-state index contributed by atoms with van der Waals surface area (Å²) in [7, 11) is 0.475. The Balaban J connectivity index is 2.58. The summed E-state index contributed by atoms with van der Waals surface area (Å²) in [5.41, 5.74) is 0. The molecule has 0 saturated carbocycles. The Labute approximate surface area is 113 Å². The normalized spacial score (nSPS) is 12.2. The van der Waals surface area contributed by atoms with Crippen LogP contribution in [-0.2, 0) is 16.6 Å². The van der Waals surface area contributed by atoms with E-state index in [2.05, 4.69) is 10.0 Å². The standard InChI is InChI=1S/C11H21N3O2S2/c1-4-12-9-10-5-6-11(17-10)18(15,16)13-7-8-14(2)3/h5-6,12-13H,4,7-9H2,1-3H3. The van der Waals surface area contributed by atoms with Crippen molar-refractivity contribution < 1.29 is 8.42 Å². The van der Waals surface area contributed by atoms with Gasteiger partial charge in [0.05, 0.1) is 0 Å². The van der Waals surface area contributed by atoms with E-state index in [9.17, 15) is 8.42 Å². The van der Waals surface area contributed by atoms with Gasteiger partial charge in [-0.3, -0.25) is 0 Å². The second-order valence-corrected chi connectivity index (χ2v) is 7.36. The fourth-order valence-corrected chi connectivity index (χ4v) is 3.71. The molecule has 1 aromatic heterocycles. The van der Waals surface area contributed by atoms with Crippen LogP contribution in [0, 0.1) is 0 Å². The van der Waals surface area contributed by atoms with E-state index in [1.54, 1.807) is 6.07 Å². The van der Waals surface area contributed by atoms with Crippen molar-refractivity contribution in [1.82, 2.24) is 14.9 Å². The molecule has 5 nitrogen and oxygen atoms in total. The van der Waals surface area contributed by atoms with Gasteiger partial charge >= 0.3 is 0 Å². The van der Waals surface area contributed by atoms with Crippen LogP contribution in [-0.4, -0.2) is 47.0 Å². The van der Waals surface area contributed by atoms with Gasteiger partial charge in [0.25, 0.3) is 0 Å². The van der Waals surface area contributed by atoms with E-state index in [-0.39, 0.29) is 0 Å².